The van der Waals surface area contributed by atoms with Crippen LogP contribution < -0.4 is 0 Å². The van der Waals surface area contributed by atoms with Gasteiger partial charge in [0.1, 0.15) is 67.1 Å². The van der Waals surface area contributed by atoms with Crippen LogP contribution in [0.5, 0.6) is 0 Å². The van der Waals surface area contributed by atoms with E-state index < -0.39 is 106 Å². The first-order valence-corrected chi connectivity index (χ1v) is 10.0. The molecule has 0 radical (unpaired) electrons. The first-order chi connectivity index (χ1) is 15.1. The number of aliphatic hydroxyl groups is 10. The Kier molecular flexibility index (Phi) is 8.75. The fraction of sp³-hybridized carbons (Fsp3) is 1.00. The van der Waals surface area contributed by atoms with Gasteiger partial charge < -0.3 is 74.7 Å². The summed E-state index contributed by atoms with van der Waals surface area (Å²) >= 11 is 0. The van der Waals surface area contributed by atoms with Crippen molar-refractivity contribution >= 4 is 0 Å². The Hall–Kier alpha value is -0.600. The molecule has 188 valence electrons. The van der Waals surface area contributed by atoms with Crippen molar-refractivity contribution < 1.29 is 74.7 Å². The van der Waals surface area contributed by atoms with E-state index in [0.29, 0.717) is 0 Å². The second kappa shape index (κ2) is 10.8. The lowest BCUT2D eigenvalue weighted by molar-refractivity contribution is -0.366. The van der Waals surface area contributed by atoms with Gasteiger partial charge in [-0.2, -0.15) is 0 Å². The third kappa shape index (κ3) is 4.92. The van der Waals surface area contributed by atoms with Crippen molar-refractivity contribution in [1.29, 1.82) is 0 Å². The lowest BCUT2D eigenvalue weighted by Gasteiger charge is -2.46. The number of ether oxygens (including phenoxy) is 5. The first kappa shape index (κ1) is 26.0. The molecule has 0 aromatic rings. The molecular weight excluding hydrogens is 444 g/mol. The summed E-state index contributed by atoms with van der Waals surface area (Å²) in [7, 11) is 0. The zero-order valence-electron chi connectivity index (χ0n) is 16.7. The van der Waals surface area contributed by atoms with Gasteiger partial charge in [0.15, 0.2) is 18.9 Å². The molecule has 3 heterocycles. The monoisotopic (exact) mass is 474 g/mol. The maximum absolute atomic E-state index is 10.5. The molecule has 0 aromatic carbocycles. The summed E-state index contributed by atoms with van der Waals surface area (Å²) in [4.78, 5) is 0. The van der Waals surface area contributed by atoms with Gasteiger partial charge in [-0.25, -0.2) is 0 Å². The van der Waals surface area contributed by atoms with Gasteiger partial charge >= 0.3 is 0 Å². The lowest BCUT2D eigenvalue weighted by Crippen LogP contribution is -2.65. The highest BCUT2D eigenvalue weighted by atomic mass is 16.8. The van der Waals surface area contributed by atoms with Crippen LogP contribution in [0.4, 0.5) is 0 Å². The molecule has 3 rings (SSSR count). The van der Waals surface area contributed by atoms with Crippen LogP contribution in [0.15, 0.2) is 0 Å². The van der Waals surface area contributed by atoms with Gasteiger partial charge in [-0.1, -0.05) is 0 Å². The molecule has 0 saturated carbocycles. The summed E-state index contributed by atoms with van der Waals surface area (Å²) in [5, 5.41) is 98.9. The van der Waals surface area contributed by atoms with Crippen molar-refractivity contribution in [1.82, 2.24) is 0 Å². The van der Waals surface area contributed by atoms with Gasteiger partial charge in [0, 0.05) is 0 Å². The lowest BCUT2D eigenvalue weighted by atomic mass is 9.97. The Morgan fingerprint density at radius 3 is 1.47 bits per heavy atom. The van der Waals surface area contributed by atoms with Crippen LogP contribution in [0.25, 0.3) is 0 Å². The standard InChI is InChI=1S/C17H30O15/c18-1-4-7(21)10(24)16(29-4)31-13-6(3-20)30-17(11(25)9(13)23)32-14-8(22)5(2-19)28-15(27)12(14)26/h4-27H,1-3H2. The normalized spacial score (nSPS) is 52.3. The van der Waals surface area contributed by atoms with E-state index in [-0.39, 0.29) is 0 Å². The van der Waals surface area contributed by atoms with Crippen molar-refractivity contribution in [3.8, 4) is 0 Å². The Morgan fingerprint density at radius 1 is 0.469 bits per heavy atom. The Balaban J connectivity index is 1.70. The summed E-state index contributed by atoms with van der Waals surface area (Å²) in [6.07, 6.45) is -22.2. The van der Waals surface area contributed by atoms with Gasteiger partial charge in [-0.05, 0) is 0 Å². The van der Waals surface area contributed by atoms with Crippen LogP contribution in [0, 0.1) is 0 Å². The molecule has 3 aliphatic heterocycles. The molecule has 3 saturated heterocycles. The predicted octanol–water partition coefficient (Wildman–Crippen LogP) is -6.93. The third-order valence-electron chi connectivity index (χ3n) is 5.74. The number of rotatable bonds is 7. The van der Waals surface area contributed by atoms with E-state index in [2.05, 4.69) is 0 Å². The van der Waals surface area contributed by atoms with E-state index in [9.17, 15) is 46.0 Å². The quantitative estimate of drug-likeness (QED) is 0.165. The van der Waals surface area contributed by atoms with Gasteiger partial charge in [0.25, 0.3) is 0 Å². The van der Waals surface area contributed by atoms with E-state index >= 15 is 0 Å². The minimum Gasteiger partial charge on any atom is -0.394 e. The van der Waals surface area contributed by atoms with Gasteiger partial charge in [0.2, 0.25) is 0 Å². The molecule has 0 spiro atoms. The summed E-state index contributed by atoms with van der Waals surface area (Å²) in [5.41, 5.74) is 0. The molecule has 0 aliphatic carbocycles. The minimum absolute atomic E-state index is 0.625. The van der Waals surface area contributed by atoms with Crippen molar-refractivity contribution in [2.45, 2.75) is 86.0 Å². The van der Waals surface area contributed by atoms with Gasteiger partial charge in [-0.15, -0.1) is 0 Å². The molecule has 10 N–H and O–H groups in total. The molecule has 15 heteroatoms. The van der Waals surface area contributed by atoms with Gasteiger partial charge in [-0.3, -0.25) is 0 Å². The molecule has 0 amide bonds. The van der Waals surface area contributed by atoms with Gasteiger partial charge in [0.05, 0.1) is 19.8 Å². The van der Waals surface area contributed by atoms with Crippen molar-refractivity contribution in [3.05, 3.63) is 0 Å². The Bertz CT molecular complexity index is 594. The molecule has 32 heavy (non-hydrogen) atoms. The zero-order chi connectivity index (χ0) is 23.7. The minimum atomic E-state index is -1.87. The highest BCUT2D eigenvalue weighted by Gasteiger charge is 2.53. The van der Waals surface area contributed by atoms with Crippen molar-refractivity contribution in [2.24, 2.45) is 0 Å². The fourth-order valence-corrected chi connectivity index (χ4v) is 3.85. The van der Waals surface area contributed by atoms with Crippen molar-refractivity contribution in [3.63, 3.8) is 0 Å². The summed E-state index contributed by atoms with van der Waals surface area (Å²) in [6, 6.07) is 0. The summed E-state index contributed by atoms with van der Waals surface area (Å²) in [6.45, 7) is -2.12. The topological polar surface area (TPSA) is 248 Å². The van der Waals surface area contributed by atoms with Crippen molar-refractivity contribution in [2.75, 3.05) is 19.8 Å². The zero-order valence-corrected chi connectivity index (χ0v) is 16.7. The Morgan fingerprint density at radius 2 is 0.938 bits per heavy atom. The molecular formula is C17H30O15. The SMILES string of the molecule is OCC1OC(OC2C(CO)OC(OC3C(O)C(O)OC(CO)C3O)C(O)C2O)C(O)C1O. The maximum atomic E-state index is 10.5. The van der Waals surface area contributed by atoms with E-state index in [4.69, 9.17) is 28.8 Å². The van der Waals surface area contributed by atoms with Crippen LogP contribution in [0.3, 0.4) is 0 Å². The molecule has 3 aliphatic rings. The third-order valence-corrected chi connectivity index (χ3v) is 5.74. The van der Waals surface area contributed by atoms with Crippen LogP contribution in [0.1, 0.15) is 0 Å². The highest BCUT2D eigenvalue weighted by molar-refractivity contribution is 4.95. The second-order valence-corrected chi connectivity index (χ2v) is 7.84. The van der Waals surface area contributed by atoms with Crippen LogP contribution >= 0.6 is 0 Å². The molecule has 0 bridgehead atoms. The van der Waals surface area contributed by atoms with E-state index in [1.165, 1.54) is 0 Å². The largest absolute Gasteiger partial charge is 0.394 e. The molecule has 15 nitrogen and oxygen atoms in total. The van der Waals surface area contributed by atoms with Crippen LogP contribution in [-0.4, -0.2) is 157 Å². The first-order valence-electron chi connectivity index (χ1n) is 10.0. The number of aliphatic hydroxyl groups excluding tert-OH is 10. The fourth-order valence-electron chi connectivity index (χ4n) is 3.85. The summed E-state index contributed by atoms with van der Waals surface area (Å²) in [5.74, 6) is 0. The van der Waals surface area contributed by atoms with Crippen LogP contribution in [-0.2, 0) is 23.7 Å². The van der Waals surface area contributed by atoms with E-state index in [1.54, 1.807) is 0 Å². The smallest absolute Gasteiger partial charge is 0.187 e. The van der Waals surface area contributed by atoms with E-state index in [0.717, 1.165) is 0 Å². The van der Waals surface area contributed by atoms with E-state index in [1.807, 2.05) is 0 Å². The second-order valence-electron chi connectivity index (χ2n) is 7.84. The molecule has 14 unspecified atom stereocenters. The Labute approximate surface area is 181 Å². The average molecular weight is 474 g/mol. The van der Waals surface area contributed by atoms with Crippen LogP contribution in [0.2, 0.25) is 0 Å². The highest BCUT2D eigenvalue weighted by Crippen LogP contribution is 2.32. The maximum Gasteiger partial charge on any atom is 0.187 e. The molecule has 3 fully saturated rings. The number of hydrogen-bond acceptors (Lipinski definition) is 15. The molecule has 0 aromatic heterocycles. The average Bonchev–Trinajstić information content (AvgIpc) is 3.05. The summed E-state index contributed by atoms with van der Waals surface area (Å²) < 4.78 is 26.2. The number of hydrogen-bond donors (Lipinski definition) is 10. The predicted molar refractivity (Wildman–Crippen MR) is 95.2 cm³/mol. The molecule has 14 atom stereocenters.